The van der Waals surface area contributed by atoms with Crippen LogP contribution >= 0.6 is 0 Å². The van der Waals surface area contributed by atoms with E-state index in [1.54, 1.807) is 0 Å². The Bertz CT molecular complexity index is 679. The Hall–Kier alpha value is -2.02. The van der Waals surface area contributed by atoms with E-state index < -0.39 is 11.9 Å². The fraction of sp³-hybridized carbons (Fsp3) is 0.222. The molecular formula is C18H21NaO6. The Balaban J connectivity index is 0.000000443. The van der Waals surface area contributed by atoms with Crippen LogP contribution in [0, 0.1) is 0 Å². The summed E-state index contributed by atoms with van der Waals surface area (Å²) < 4.78 is 0. The van der Waals surface area contributed by atoms with Crippen molar-refractivity contribution in [1.29, 1.82) is 0 Å². The summed E-state index contributed by atoms with van der Waals surface area (Å²) in [6.07, 6.45) is 1.21. The first-order chi connectivity index (χ1) is 11.3. The van der Waals surface area contributed by atoms with E-state index in [0.717, 1.165) is 0 Å². The molecule has 0 spiro atoms. The van der Waals surface area contributed by atoms with Crippen molar-refractivity contribution in [3.05, 3.63) is 58.7 Å². The van der Waals surface area contributed by atoms with Gasteiger partial charge in [0.2, 0.25) is 0 Å². The Morgan fingerprint density at radius 1 is 0.760 bits per heavy atom. The van der Waals surface area contributed by atoms with Crippen molar-refractivity contribution in [3.63, 3.8) is 0 Å². The third-order valence-electron chi connectivity index (χ3n) is 3.40. The van der Waals surface area contributed by atoms with Crippen LogP contribution in [-0.4, -0.2) is 61.9 Å². The van der Waals surface area contributed by atoms with Gasteiger partial charge in [-0.15, -0.1) is 0 Å². The molecule has 0 amide bonds. The molecule has 0 aliphatic heterocycles. The third-order valence-corrected chi connectivity index (χ3v) is 3.40. The summed E-state index contributed by atoms with van der Waals surface area (Å²) in [4.78, 5) is 21.2. The maximum absolute atomic E-state index is 10.6. The van der Waals surface area contributed by atoms with Gasteiger partial charge in [0.05, 0.1) is 11.1 Å². The van der Waals surface area contributed by atoms with E-state index in [1.165, 1.54) is 36.4 Å². The minimum absolute atomic E-state index is 0. The van der Waals surface area contributed by atoms with Crippen LogP contribution < -0.4 is 0 Å². The Morgan fingerprint density at radius 2 is 1.08 bits per heavy atom. The number of hydrogen-bond acceptors (Lipinski definition) is 4. The van der Waals surface area contributed by atoms with Crippen LogP contribution in [0.4, 0.5) is 0 Å². The topological polar surface area (TPSA) is 115 Å². The van der Waals surface area contributed by atoms with Gasteiger partial charge < -0.3 is 20.4 Å². The average Bonchev–Trinajstić information content (AvgIpc) is 2.54. The second-order valence-electron chi connectivity index (χ2n) is 5.00. The van der Waals surface area contributed by atoms with Gasteiger partial charge in [0.25, 0.3) is 0 Å². The normalized spacial score (nSPS) is 9.36. The van der Waals surface area contributed by atoms with Crippen molar-refractivity contribution < 1.29 is 30.0 Å². The van der Waals surface area contributed by atoms with E-state index in [1.807, 2.05) is 13.8 Å². The monoisotopic (exact) mass is 356 g/mol. The van der Waals surface area contributed by atoms with Crippen molar-refractivity contribution >= 4 is 41.5 Å². The van der Waals surface area contributed by atoms with Gasteiger partial charge in [0.1, 0.15) is 11.5 Å². The van der Waals surface area contributed by atoms with Crippen LogP contribution in [0.3, 0.4) is 0 Å². The van der Waals surface area contributed by atoms with E-state index in [9.17, 15) is 9.59 Å². The van der Waals surface area contributed by atoms with Crippen LogP contribution in [0.25, 0.3) is 0 Å². The number of carboxylic acids is 2. The quantitative estimate of drug-likeness (QED) is 0.626. The molecule has 0 saturated heterocycles. The van der Waals surface area contributed by atoms with Crippen LogP contribution in [-0.2, 0) is 12.8 Å². The number of phenolic OH excluding ortho intramolecular Hbond substituents is 2. The van der Waals surface area contributed by atoms with Crippen molar-refractivity contribution in [2.45, 2.75) is 26.7 Å². The van der Waals surface area contributed by atoms with Crippen molar-refractivity contribution in [2.75, 3.05) is 0 Å². The molecule has 0 unspecified atom stereocenters. The molecule has 4 N–H and O–H groups in total. The molecule has 0 bridgehead atoms. The fourth-order valence-electron chi connectivity index (χ4n) is 2.16. The predicted octanol–water partition coefficient (Wildman–Crippen LogP) is 2.66. The van der Waals surface area contributed by atoms with Gasteiger partial charge in [0, 0.05) is 0 Å². The summed E-state index contributed by atoms with van der Waals surface area (Å²) in [5.74, 6) is -1.69. The van der Waals surface area contributed by atoms with E-state index in [0.29, 0.717) is 24.0 Å². The molecule has 0 aromatic heterocycles. The number of benzene rings is 2. The van der Waals surface area contributed by atoms with Crippen LogP contribution in [0.2, 0.25) is 0 Å². The summed E-state index contributed by atoms with van der Waals surface area (Å²) in [6, 6.07) is 8.53. The molecule has 0 aliphatic rings. The molecule has 0 atom stereocenters. The summed E-state index contributed by atoms with van der Waals surface area (Å²) in [5.41, 5.74) is 1.83. The van der Waals surface area contributed by atoms with Crippen molar-refractivity contribution in [1.82, 2.24) is 0 Å². The van der Waals surface area contributed by atoms with E-state index in [-0.39, 0.29) is 52.2 Å². The van der Waals surface area contributed by atoms with Gasteiger partial charge in [-0.25, -0.2) is 9.59 Å². The molecule has 0 aliphatic carbocycles. The summed E-state index contributed by atoms with van der Waals surface area (Å²) >= 11 is 0. The Kier molecular flexibility index (Phi) is 9.89. The first kappa shape index (κ1) is 23.0. The van der Waals surface area contributed by atoms with Crippen molar-refractivity contribution in [2.24, 2.45) is 0 Å². The molecule has 0 radical (unpaired) electrons. The van der Waals surface area contributed by atoms with Gasteiger partial charge in [0.15, 0.2) is 0 Å². The molecule has 130 valence electrons. The molecule has 6 nitrogen and oxygen atoms in total. The molecule has 2 aromatic rings. The fourth-order valence-corrected chi connectivity index (χ4v) is 2.16. The van der Waals surface area contributed by atoms with E-state index in [4.69, 9.17) is 20.4 Å². The number of hydrogen-bond donors (Lipinski definition) is 4. The first-order valence-electron chi connectivity index (χ1n) is 7.40. The second-order valence-corrected chi connectivity index (χ2v) is 5.00. The molecule has 2 rings (SSSR count). The zero-order valence-electron chi connectivity index (χ0n) is 13.5. The zero-order chi connectivity index (χ0) is 18.3. The third kappa shape index (κ3) is 6.78. The maximum atomic E-state index is 10.6. The van der Waals surface area contributed by atoms with Gasteiger partial charge in [-0.1, -0.05) is 13.8 Å². The summed E-state index contributed by atoms with van der Waals surface area (Å²) in [6.45, 7) is 3.70. The van der Waals surface area contributed by atoms with E-state index >= 15 is 0 Å². The number of aromatic hydroxyl groups is 2. The molecule has 2 aromatic carbocycles. The van der Waals surface area contributed by atoms with Crippen molar-refractivity contribution in [3.8, 4) is 11.5 Å². The zero-order valence-corrected chi connectivity index (χ0v) is 13.5. The molecular weight excluding hydrogens is 335 g/mol. The summed E-state index contributed by atoms with van der Waals surface area (Å²) in [5, 5.41) is 35.5. The average molecular weight is 356 g/mol. The Labute approximate surface area is 168 Å². The number of carboxylic acid groups (broad SMARTS) is 2. The second kappa shape index (κ2) is 10.8. The van der Waals surface area contributed by atoms with Gasteiger partial charge in [-0.2, -0.15) is 0 Å². The molecule has 0 saturated carbocycles. The number of aryl methyl sites for hydroxylation is 2. The van der Waals surface area contributed by atoms with Crippen LogP contribution in [0.15, 0.2) is 36.4 Å². The predicted molar refractivity (Wildman–Crippen MR) is 96.0 cm³/mol. The number of rotatable bonds is 4. The number of phenols is 2. The van der Waals surface area contributed by atoms with Crippen LogP contribution in [0.5, 0.6) is 11.5 Å². The molecule has 0 heterocycles. The van der Waals surface area contributed by atoms with Gasteiger partial charge in [-0.3, -0.25) is 0 Å². The van der Waals surface area contributed by atoms with Gasteiger partial charge in [-0.05, 0) is 60.4 Å². The SMILES string of the molecule is CCc1cc(O)ccc1C(=O)O.CCc1cc(O)ccc1C(=O)O.[NaH]. The number of carbonyl (C=O) groups is 2. The standard InChI is InChI=1S/2C9H10O3.Na.H/c2*1-2-6-5-7(10)3-4-8(6)9(11)12;;/h2*3-5,10H,2H2,1H3,(H,11,12);;. The molecule has 25 heavy (non-hydrogen) atoms. The van der Waals surface area contributed by atoms with E-state index in [2.05, 4.69) is 0 Å². The van der Waals surface area contributed by atoms with Gasteiger partial charge >= 0.3 is 41.5 Å². The Morgan fingerprint density at radius 3 is 1.32 bits per heavy atom. The molecule has 7 heteroatoms. The molecule has 0 fully saturated rings. The minimum atomic E-state index is -0.952. The van der Waals surface area contributed by atoms with Crippen LogP contribution in [0.1, 0.15) is 45.7 Å². The summed E-state index contributed by atoms with van der Waals surface area (Å²) in [7, 11) is 0. The number of aromatic carboxylic acids is 2. The first-order valence-corrected chi connectivity index (χ1v) is 7.40.